The van der Waals surface area contributed by atoms with Gasteiger partial charge in [0.2, 0.25) is 0 Å². The van der Waals surface area contributed by atoms with E-state index in [1.165, 1.54) is 6.07 Å². The van der Waals surface area contributed by atoms with E-state index < -0.39 is 6.36 Å². The predicted octanol–water partition coefficient (Wildman–Crippen LogP) is 4.65. The highest BCUT2D eigenvalue weighted by Gasteiger charge is 2.35. The molecular formula is C16H23Cl2F3N2O. The molecule has 3 nitrogen and oxygen atoms in total. The Labute approximate surface area is 151 Å². The molecule has 0 unspecified atom stereocenters. The van der Waals surface area contributed by atoms with Gasteiger partial charge in [-0.25, -0.2) is 0 Å². The summed E-state index contributed by atoms with van der Waals surface area (Å²) in [6, 6.07) is 4.62. The molecule has 1 saturated heterocycles. The van der Waals surface area contributed by atoms with Crippen LogP contribution in [0.4, 0.5) is 13.2 Å². The van der Waals surface area contributed by atoms with Crippen molar-refractivity contribution >= 4 is 24.0 Å². The van der Waals surface area contributed by atoms with Crippen molar-refractivity contribution in [3.8, 4) is 5.75 Å². The summed E-state index contributed by atoms with van der Waals surface area (Å²) in [6.07, 6.45) is -4.74. The summed E-state index contributed by atoms with van der Waals surface area (Å²) >= 11 is 6.01. The second-order valence-electron chi connectivity index (χ2n) is 6.79. The molecule has 0 amide bonds. The largest absolute Gasteiger partial charge is 0.573 e. The van der Waals surface area contributed by atoms with E-state index in [0.717, 1.165) is 31.7 Å². The summed E-state index contributed by atoms with van der Waals surface area (Å²) in [5, 5.41) is 3.28. The van der Waals surface area contributed by atoms with Crippen molar-refractivity contribution in [2.45, 2.75) is 33.2 Å². The van der Waals surface area contributed by atoms with E-state index in [0.29, 0.717) is 0 Å². The number of nitrogens with one attached hydrogen (secondary N) is 1. The normalized spacial score (nSPS) is 18.0. The van der Waals surface area contributed by atoms with Crippen LogP contribution in [0.2, 0.25) is 5.02 Å². The lowest BCUT2D eigenvalue weighted by atomic mass is 9.81. The van der Waals surface area contributed by atoms with Crippen molar-refractivity contribution in [1.29, 1.82) is 0 Å². The highest BCUT2D eigenvalue weighted by Crippen LogP contribution is 2.41. The molecule has 24 heavy (non-hydrogen) atoms. The molecule has 1 atom stereocenters. The zero-order chi connectivity index (χ0) is 17.3. The van der Waals surface area contributed by atoms with E-state index in [-0.39, 0.29) is 34.6 Å². The van der Waals surface area contributed by atoms with Gasteiger partial charge in [-0.05, 0) is 23.1 Å². The Balaban J connectivity index is 0.00000288. The van der Waals surface area contributed by atoms with Gasteiger partial charge in [0.25, 0.3) is 0 Å². The highest BCUT2D eigenvalue weighted by molar-refractivity contribution is 6.32. The van der Waals surface area contributed by atoms with Crippen LogP contribution in [0, 0.1) is 5.41 Å². The highest BCUT2D eigenvalue weighted by atomic mass is 35.5. The van der Waals surface area contributed by atoms with Crippen molar-refractivity contribution in [1.82, 2.24) is 10.2 Å². The lowest BCUT2D eigenvalue weighted by Crippen LogP contribution is -2.48. The van der Waals surface area contributed by atoms with Gasteiger partial charge in [0.1, 0.15) is 5.75 Å². The predicted molar refractivity (Wildman–Crippen MR) is 92.0 cm³/mol. The zero-order valence-corrected chi connectivity index (χ0v) is 15.5. The first kappa shape index (κ1) is 21.4. The fourth-order valence-electron chi connectivity index (χ4n) is 3.09. The standard InChI is InChI=1S/C16H22ClF3N2O.ClH/c1-15(2,3)14(22-8-6-21-7-9-22)11-4-5-13(12(17)10-11)23-16(18,19)20;/h4-5,10,14,21H,6-9H2,1-3H3;1H/t14-;/m1./s1. The Hall–Kier alpha value is -0.690. The van der Waals surface area contributed by atoms with Gasteiger partial charge in [-0.1, -0.05) is 38.4 Å². The van der Waals surface area contributed by atoms with Gasteiger partial charge in [0.15, 0.2) is 0 Å². The molecule has 1 heterocycles. The van der Waals surface area contributed by atoms with E-state index >= 15 is 0 Å². The lowest BCUT2D eigenvalue weighted by Gasteiger charge is -2.42. The second kappa shape index (κ2) is 8.13. The van der Waals surface area contributed by atoms with Gasteiger partial charge in [0, 0.05) is 32.2 Å². The maximum atomic E-state index is 12.4. The Morgan fingerprint density at radius 3 is 2.21 bits per heavy atom. The first-order valence-corrected chi connectivity index (χ1v) is 7.96. The Bertz CT molecular complexity index is 541. The number of hydrogen-bond acceptors (Lipinski definition) is 3. The van der Waals surface area contributed by atoms with Gasteiger partial charge >= 0.3 is 6.36 Å². The average Bonchev–Trinajstić information content (AvgIpc) is 2.40. The van der Waals surface area contributed by atoms with Crippen LogP contribution in [-0.2, 0) is 0 Å². The van der Waals surface area contributed by atoms with Crippen LogP contribution in [0.5, 0.6) is 5.75 Å². The molecule has 1 fully saturated rings. The van der Waals surface area contributed by atoms with Crippen molar-refractivity contribution in [2.75, 3.05) is 26.2 Å². The molecule has 1 aromatic rings. The molecule has 1 N–H and O–H groups in total. The molecule has 0 spiro atoms. The summed E-state index contributed by atoms with van der Waals surface area (Å²) < 4.78 is 41.0. The van der Waals surface area contributed by atoms with Gasteiger partial charge in [-0.3, -0.25) is 4.90 Å². The Kier molecular flexibility index (Phi) is 7.23. The number of halogens is 5. The van der Waals surface area contributed by atoms with Gasteiger partial charge in [-0.15, -0.1) is 25.6 Å². The summed E-state index contributed by atoms with van der Waals surface area (Å²) in [5.41, 5.74) is 0.825. The van der Waals surface area contributed by atoms with E-state index in [1.807, 2.05) is 0 Å². The third-order valence-electron chi connectivity index (χ3n) is 3.83. The molecule has 0 bridgehead atoms. The van der Waals surface area contributed by atoms with Crippen LogP contribution in [-0.4, -0.2) is 37.4 Å². The molecule has 0 aliphatic carbocycles. The first-order chi connectivity index (χ1) is 10.6. The third kappa shape index (κ3) is 5.69. The van der Waals surface area contributed by atoms with E-state index in [2.05, 4.69) is 35.7 Å². The summed E-state index contributed by atoms with van der Waals surface area (Å²) in [7, 11) is 0. The maximum absolute atomic E-state index is 12.4. The number of benzene rings is 1. The first-order valence-electron chi connectivity index (χ1n) is 7.58. The van der Waals surface area contributed by atoms with Crippen LogP contribution in [0.25, 0.3) is 0 Å². The van der Waals surface area contributed by atoms with Gasteiger partial charge < -0.3 is 10.1 Å². The second-order valence-corrected chi connectivity index (χ2v) is 7.20. The van der Waals surface area contributed by atoms with Crippen LogP contribution in [0.1, 0.15) is 32.4 Å². The smallest absolute Gasteiger partial charge is 0.404 e. The van der Waals surface area contributed by atoms with E-state index in [4.69, 9.17) is 11.6 Å². The van der Waals surface area contributed by atoms with Crippen molar-refractivity contribution < 1.29 is 17.9 Å². The molecule has 138 valence electrons. The molecule has 0 saturated carbocycles. The monoisotopic (exact) mass is 386 g/mol. The zero-order valence-electron chi connectivity index (χ0n) is 13.9. The van der Waals surface area contributed by atoms with E-state index in [9.17, 15) is 13.2 Å². The molecule has 1 aliphatic heterocycles. The summed E-state index contributed by atoms with van der Waals surface area (Å²) in [4.78, 5) is 2.34. The Morgan fingerprint density at radius 2 is 1.75 bits per heavy atom. The molecule has 1 aliphatic rings. The summed E-state index contributed by atoms with van der Waals surface area (Å²) in [6.45, 7) is 9.93. The maximum Gasteiger partial charge on any atom is 0.573 e. The minimum atomic E-state index is -4.74. The summed E-state index contributed by atoms with van der Waals surface area (Å²) in [5.74, 6) is -0.365. The molecular weight excluding hydrogens is 364 g/mol. The molecule has 1 aromatic carbocycles. The lowest BCUT2D eigenvalue weighted by molar-refractivity contribution is -0.274. The van der Waals surface area contributed by atoms with Crippen LogP contribution < -0.4 is 10.1 Å². The molecule has 8 heteroatoms. The third-order valence-corrected chi connectivity index (χ3v) is 4.13. The van der Waals surface area contributed by atoms with Crippen LogP contribution in [0.3, 0.4) is 0 Å². The fraction of sp³-hybridized carbons (Fsp3) is 0.625. The minimum absolute atomic E-state index is 0. The number of hydrogen-bond donors (Lipinski definition) is 1. The van der Waals surface area contributed by atoms with Crippen LogP contribution in [0.15, 0.2) is 18.2 Å². The van der Waals surface area contributed by atoms with Crippen LogP contribution >= 0.6 is 24.0 Å². The average molecular weight is 387 g/mol. The topological polar surface area (TPSA) is 24.5 Å². The number of rotatable bonds is 3. The fourth-order valence-corrected chi connectivity index (χ4v) is 3.32. The molecule has 0 radical (unpaired) electrons. The van der Waals surface area contributed by atoms with E-state index in [1.54, 1.807) is 12.1 Å². The number of ether oxygens (including phenoxy) is 1. The van der Waals surface area contributed by atoms with Gasteiger partial charge in [0.05, 0.1) is 5.02 Å². The molecule has 0 aromatic heterocycles. The van der Waals surface area contributed by atoms with Crippen molar-refractivity contribution in [3.05, 3.63) is 28.8 Å². The number of piperazine rings is 1. The van der Waals surface area contributed by atoms with Gasteiger partial charge in [-0.2, -0.15) is 0 Å². The quantitative estimate of drug-likeness (QED) is 0.817. The van der Waals surface area contributed by atoms with Crippen molar-refractivity contribution in [3.63, 3.8) is 0 Å². The SMILES string of the molecule is CC(C)(C)[C@@H](c1ccc(OC(F)(F)F)c(Cl)c1)N1CCNCC1.Cl. The minimum Gasteiger partial charge on any atom is -0.404 e. The Morgan fingerprint density at radius 1 is 1.17 bits per heavy atom. The number of alkyl halides is 3. The molecule has 2 rings (SSSR count). The van der Waals surface area contributed by atoms with Crippen molar-refractivity contribution in [2.24, 2.45) is 5.41 Å². The number of nitrogens with zero attached hydrogens (tertiary/aromatic N) is 1.